The van der Waals surface area contributed by atoms with Crippen LogP contribution in [-0.4, -0.2) is 29.1 Å². The minimum absolute atomic E-state index is 0.00313. The standard InChI is InChI=1S/C34H53NO5/c1-29(2)16-18-34(28(38)39)19-17-32(6)21(22(34)20-29)8-9-24-31(5)14-13-25(40-27(37)11-10-26(35)36)30(3,4)23(31)12-15-33(24,32)7/h8,22-25H,9-20H2,1-7H3,(H2,35,36)(H,38,39)/t22-,23-,24+,25-,31-,32+,33+,34-/m0/s1. The molecule has 5 rings (SSSR count). The number of hydrogen-bond donors (Lipinski definition) is 2. The molecule has 1 amide bonds. The molecule has 0 aliphatic heterocycles. The van der Waals surface area contributed by atoms with Crippen molar-refractivity contribution in [3.05, 3.63) is 11.6 Å². The molecular formula is C34H53NO5. The monoisotopic (exact) mass is 555 g/mol. The number of amides is 1. The molecule has 4 fully saturated rings. The Labute approximate surface area is 241 Å². The number of carboxylic acids is 1. The van der Waals surface area contributed by atoms with Gasteiger partial charge in [0.2, 0.25) is 5.91 Å². The fourth-order valence-corrected chi connectivity index (χ4v) is 11.3. The van der Waals surface area contributed by atoms with E-state index in [2.05, 4.69) is 54.5 Å². The quantitative estimate of drug-likeness (QED) is 0.279. The fourth-order valence-electron chi connectivity index (χ4n) is 11.3. The number of rotatable bonds is 5. The third-order valence-electron chi connectivity index (χ3n) is 13.9. The molecule has 40 heavy (non-hydrogen) atoms. The van der Waals surface area contributed by atoms with Crippen LogP contribution in [0.2, 0.25) is 0 Å². The molecule has 0 aromatic heterocycles. The van der Waals surface area contributed by atoms with E-state index in [-0.39, 0.29) is 57.9 Å². The van der Waals surface area contributed by atoms with E-state index < -0.39 is 17.3 Å². The van der Waals surface area contributed by atoms with Gasteiger partial charge in [-0.15, -0.1) is 0 Å². The second-order valence-electron chi connectivity index (χ2n) is 16.5. The molecule has 0 heterocycles. The Kier molecular flexibility index (Phi) is 6.91. The first kappa shape index (κ1) is 29.6. The summed E-state index contributed by atoms with van der Waals surface area (Å²) in [7, 11) is 0. The van der Waals surface area contributed by atoms with Gasteiger partial charge in [0.05, 0.1) is 11.8 Å². The van der Waals surface area contributed by atoms with Gasteiger partial charge in [0, 0.05) is 11.8 Å². The maximum atomic E-state index is 12.9. The van der Waals surface area contributed by atoms with E-state index in [1.54, 1.807) is 0 Å². The first-order valence-electron chi connectivity index (χ1n) is 15.8. The fraction of sp³-hybridized carbons (Fsp3) is 0.853. The number of allylic oxidation sites excluding steroid dienone is 2. The Morgan fingerprint density at radius 3 is 2.23 bits per heavy atom. The minimum Gasteiger partial charge on any atom is -0.481 e. The smallest absolute Gasteiger partial charge is 0.310 e. The third-order valence-corrected chi connectivity index (χ3v) is 13.9. The number of hydrogen-bond acceptors (Lipinski definition) is 4. The van der Waals surface area contributed by atoms with E-state index in [0.717, 1.165) is 64.2 Å². The van der Waals surface area contributed by atoms with Gasteiger partial charge in [0.25, 0.3) is 0 Å². The normalized spacial score (nSPS) is 45.0. The summed E-state index contributed by atoms with van der Waals surface area (Å²) in [6.07, 6.45) is 12.0. The van der Waals surface area contributed by atoms with Crippen LogP contribution in [0.5, 0.6) is 0 Å². The largest absolute Gasteiger partial charge is 0.481 e. The SMILES string of the molecule is CC1(C)CC[C@]2(C(=O)O)CC[C@]3(C)C(=CC[C@@H]4[C@@]5(C)CC[C@H](OC(=O)CCC(N)=O)C(C)(C)[C@@H]5CC[C@]43C)[C@@H]2C1. The summed E-state index contributed by atoms with van der Waals surface area (Å²) in [4.78, 5) is 36.6. The first-order valence-corrected chi connectivity index (χ1v) is 15.8. The highest BCUT2D eigenvalue weighted by Crippen LogP contribution is 2.75. The van der Waals surface area contributed by atoms with Crippen molar-refractivity contribution in [1.29, 1.82) is 0 Å². The average Bonchev–Trinajstić information content (AvgIpc) is 2.84. The molecule has 0 aromatic carbocycles. The molecule has 0 unspecified atom stereocenters. The number of fused-ring (bicyclic) bond motifs is 7. The molecule has 6 nitrogen and oxygen atoms in total. The van der Waals surface area contributed by atoms with Crippen LogP contribution in [0.3, 0.4) is 0 Å². The van der Waals surface area contributed by atoms with Crippen LogP contribution in [0.15, 0.2) is 11.6 Å². The lowest BCUT2D eigenvalue weighted by atomic mass is 9.33. The summed E-state index contributed by atoms with van der Waals surface area (Å²) in [5, 5.41) is 10.6. The zero-order chi connectivity index (χ0) is 29.5. The molecule has 0 radical (unpaired) electrons. The van der Waals surface area contributed by atoms with Gasteiger partial charge in [-0.3, -0.25) is 14.4 Å². The highest BCUT2D eigenvalue weighted by Gasteiger charge is 2.69. The van der Waals surface area contributed by atoms with Gasteiger partial charge in [-0.05, 0) is 104 Å². The van der Waals surface area contributed by atoms with E-state index >= 15 is 0 Å². The number of carbonyl (C=O) groups is 3. The van der Waals surface area contributed by atoms with Crippen LogP contribution in [-0.2, 0) is 19.1 Å². The number of ether oxygens (including phenoxy) is 1. The summed E-state index contributed by atoms with van der Waals surface area (Å²) in [6.45, 7) is 16.7. The highest BCUT2D eigenvalue weighted by molar-refractivity contribution is 5.80. The topological polar surface area (TPSA) is 107 Å². The summed E-state index contributed by atoms with van der Waals surface area (Å²) in [5.74, 6) is -0.315. The van der Waals surface area contributed by atoms with Crippen LogP contribution < -0.4 is 5.73 Å². The van der Waals surface area contributed by atoms with Crippen LogP contribution in [0, 0.1) is 50.2 Å². The van der Waals surface area contributed by atoms with E-state index in [0.29, 0.717) is 11.8 Å². The molecule has 0 spiro atoms. The van der Waals surface area contributed by atoms with E-state index in [9.17, 15) is 19.5 Å². The number of aliphatic carboxylic acids is 1. The van der Waals surface area contributed by atoms with E-state index in [1.807, 2.05) is 0 Å². The van der Waals surface area contributed by atoms with Crippen molar-refractivity contribution in [2.75, 3.05) is 0 Å². The van der Waals surface area contributed by atoms with Crippen molar-refractivity contribution >= 4 is 17.8 Å². The van der Waals surface area contributed by atoms with Crippen molar-refractivity contribution in [3.8, 4) is 0 Å². The van der Waals surface area contributed by atoms with E-state index in [4.69, 9.17) is 10.5 Å². The van der Waals surface area contributed by atoms with Gasteiger partial charge in [-0.25, -0.2) is 0 Å². The maximum Gasteiger partial charge on any atom is 0.310 e. The molecule has 0 saturated heterocycles. The Morgan fingerprint density at radius 1 is 0.900 bits per heavy atom. The molecule has 4 saturated carbocycles. The minimum atomic E-state index is -0.608. The third kappa shape index (κ3) is 4.12. The van der Waals surface area contributed by atoms with Crippen molar-refractivity contribution < 1.29 is 24.2 Å². The van der Waals surface area contributed by atoms with Crippen molar-refractivity contribution in [2.45, 2.75) is 132 Å². The van der Waals surface area contributed by atoms with E-state index in [1.165, 1.54) is 5.57 Å². The molecule has 224 valence electrons. The van der Waals surface area contributed by atoms with Crippen LogP contribution in [0.25, 0.3) is 0 Å². The Morgan fingerprint density at radius 2 is 1.57 bits per heavy atom. The molecule has 3 N–H and O–H groups in total. The number of primary amides is 1. The molecular weight excluding hydrogens is 502 g/mol. The average molecular weight is 556 g/mol. The lowest BCUT2D eigenvalue weighted by Crippen LogP contribution is -2.65. The predicted molar refractivity (Wildman–Crippen MR) is 155 cm³/mol. The predicted octanol–water partition coefficient (Wildman–Crippen LogP) is 7.05. The lowest BCUT2D eigenvalue weighted by Gasteiger charge is -2.71. The van der Waals surface area contributed by atoms with Gasteiger partial charge in [-0.2, -0.15) is 0 Å². The maximum absolute atomic E-state index is 12.9. The van der Waals surface area contributed by atoms with Crippen molar-refractivity contribution in [2.24, 2.45) is 56.0 Å². The zero-order valence-corrected chi connectivity index (χ0v) is 26.0. The van der Waals surface area contributed by atoms with Gasteiger partial charge < -0.3 is 15.6 Å². The van der Waals surface area contributed by atoms with Crippen LogP contribution in [0.1, 0.15) is 126 Å². The Balaban J connectivity index is 1.46. The number of nitrogens with two attached hydrogens (primary N) is 1. The van der Waals surface area contributed by atoms with Crippen molar-refractivity contribution in [3.63, 3.8) is 0 Å². The second-order valence-corrected chi connectivity index (χ2v) is 16.5. The molecule has 0 bridgehead atoms. The molecule has 5 aliphatic carbocycles. The van der Waals surface area contributed by atoms with Gasteiger partial charge in [0.1, 0.15) is 6.10 Å². The van der Waals surface area contributed by atoms with Gasteiger partial charge in [0.15, 0.2) is 0 Å². The van der Waals surface area contributed by atoms with Gasteiger partial charge in [-0.1, -0.05) is 60.1 Å². The Hall–Kier alpha value is -1.85. The zero-order valence-electron chi connectivity index (χ0n) is 26.0. The van der Waals surface area contributed by atoms with Crippen molar-refractivity contribution in [1.82, 2.24) is 0 Å². The lowest BCUT2D eigenvalue weighted by molar-refractivity contribution is -0.214. The summed E-state index contributed by atoms with van der Waals surface area (Å²) in [5.41, 5.74) is 6.34. The number of carboxylic acid groups (broad SMARTS) is 1. The number of esters is 1. The summed E-state index contributed by atoms with van der Waals surface area (Å²) in [6, 6.07) is 0. The second kappa shape index (κ2) is 9.33. The van der Waals surface area contributed by atoms with Crippen LogP contribution >= 0.6 is 0 Å². The molecule has 5 aliphatic rings. The van der Waals surface area contributed by atoms with Crippen LogP contribution in [0.4, 0.5) is 0 Å². The Bertz CT molecular complexity index is 1120. The molecule has 0 aromatic rings. The molecule has 8 atom stereocenters. The summed E-state index contributed by atoms with van der Waals surface area (Å²) >= 11 is 0. The summed E-state index contributed by atoms with van der Waals surface area (Å²) < 4.78 is 6.02. The number of carbonyl (C=O) groups excluding carboxylic acids is 2. The first-order chi connectivity index (χ1) is 18.4. The highest BCUT2D eigenvalue weighted by atomic mass is 16.5. The molecule has 6 heteroatoms. The van der Waals surface area contributed by atoms with Gasteiger partial charge >= 0.3 is 11.9 Å².